The monoisotopic (exact) mass is 396 g/mol. The average molecular weight is 397 g/mol. The zero-order valence-electron chi connectivity index (χ0n) is 15.9. The summed E-state index contributed by atoms with van der Waals surface area (Å²) in [6, 6.07) is 10.0. The summed E-state index contributed by atoms with van der Waals surface area (Å²) in [5.74, 6) is 1.59. The Balaban J connectivity index is 2.04. The summed E-state index contributed by atoms with van der Waals surface area (Å²) < 4.78 is 12.0. The summed E-state index contributed by atoms with van der Waals surface area (Å²) in [4.78, 5) is 0. The van der Waals surface area contributed by atoms with Crippen LogP contribution in [0.1, 0.15) is 58.8 Å². The van der Waals surface area contributed by atoms with E-state index in [0.29, 0.717) is 18.2 Å². The fraction of sp³-hybridized carbons (Fsp3) is 0.545. The van der Waals surface area contributed by atoms with Crippen molar-refractivity contribution in [3.05, 3.63) is 35.4 Å². The Kier molecular flexibility index (Phi) is 9.42. The van der Waals surface area contributed by atoms with Crippen molar-refractivity contribution >= 4 is 34.0 Å². The van der Waals surface area contributed by atoms with E-state index in [-0.39, 0.29) is 5.38 Å². The van der Waals surface area contributed by atoms with E-state index < -0.39 is 0 Å². The molecule has 0 aliphatic heterocycles. The van der Waals surface area contributed by atoms with Gasteiger partial charge in [0.15, 0.2) is 0 Å². The highest BCUT2D eigenvalue weighted by molar-refractivity contribution is 6.33. The molecule has 144 valence electrons. The van der Waals surface area contributed by atoms with Gasteiger partial charge in [-0.3, -0.25) is 0 Å². The van der Waals surface area contributed by atoms with Gasteiger partial charge < -0.3 is 9.47 Å². The first-order chi connectivity index (χ1) is 12.7. The fourth-order valence-corrected chi connectivity index (χ4v) is 3.34. The molecule has 0 spiro atoms. The SMILES string of the molecule is CCCCCOc1c(Cl)cc(OCCCCC(Cl)CC)c2ccccc12. The second kappa shape index (κ2) is 11.6. The van der Waals surface area contributed by atoms with E-state index in [9.17, 15) is 0 Å². The number of ether oxygens (including phenoxy) is 2. The number of alkyl halides is 1. The van der Waals surface area contributed by atoms with Gasteiger partial charge in [0, 0.05) is 22.2 Å². The molecule has 0 fully saturated rings. The van der Waals surface area contributed by atoms with Crippen molar-refractivity contribution < 1.29 is 9.47 Å². The van der Waals surface area contributed by atoms with Gasteiger partial charge >= 0.3 is 0 Å². The van der Waals surface area contributed by atoms with Gasteiger partial charge in [-0.25, -0.2) is 0 Å². The lowest BCUT2D eigenvalue weighted by atomic mass is 10.1. The summed E-state index contributed by atoms with van der Waals surface area (Å²) in [7, 11) is 0. The molecule has 0 radical (unpaired) electrons. The largest absolute Gasteiger partial charge is 0.493 e. The van der Waals surface area contributed by atoms with E-state index in [1.807, 2.05) is 24.3 Å². The lowest BCUT2D eigenvalue weighted by molar-refractivity contribution is 0.302. The van der Waals surface area contributed by atoms with Crippen molar-refractivity contribution in [1.29, 1.82) is 0 Å². The molecule has 0 saturated heterocycles. The molecule has 4 heteroatoms. The molecule has 2 nitrogen and oxygen atoms in total. The molecule has 2 rings (SSSR count). The van der Waals surface area contributed by atoms with Crippen LogP contribution in [0.25, 0.3) is 10.8 Å². The normalized spacial score (nSPS) is 12.3. The van der Waals surface area contributed by atoms with Crippen molar-refractivity contribution in [3.63, 3.8) is 0 Å². The number of unbranched alkanes of at least 4 members (excludes halogenated alkanes) is 3. The average Bonchev–Trinajstić information content (AvgIpc) is 2.66. The van der Waals surface area contributed by atoms with Crippen LogP contribution in [0.3, 0.4) is 0 Å². The molecule has 1 unspecified atom stereocenters. The van der Waals surface area contributed by atoms with Crippen LogP contribution in [0.2, 0.25) is 5.02 Å². The summed E-state index contributed by atoms with van der Waals surface area (Å²) in [5, 5.41) is 2.95. The smallest absolute Gasteiger partial charge is 0.145 e. The van der Waals surface area contributed by atoms with Gasteiger partial charge in [-0.1, -0.05) is 62.6 Å². The fourth-order valence-electron chi connectivity index (χ4n) is 2.93. The summed E-state index contributed by atoms with van der Waals surface area (Å²) in [6.45, 7) is 5.66. The minimum absolute atomic E-state index is 0.273. The number of hydrogen-bond acceptors (Lipinski definition) is 2. The molecule has 0 amide bonds. The molecule has 0 aromatic heterocycles. The first-order valence-electron chi connectivity index (χ1n) is 9.78. The Bertz CT molecular complexity index is 672. The van der Waals surface area contributed by atoms with Crippen molar-refractivity contribution in [2.75, 3.05) is 13.2 Å². The zero-order valence-corrected chi connectivity index (χ0v) is 17.4. The molecule has 0 heterocycles. The first-order valence-corrected chi connectivity index (χ1v) is 10.6. The van der Waals surface area contributed by atoms with Gasteiger partial charge in [0.25, 0.3) is 0 Å². The van der Waals surface area contributed by atoms with E-state index in [2.05, 4.69) is 19.9 Å². The van der Waals surface area contributed by atoms with Crippen molar-refractivity contribution in [2.45, 2.75) is 64.2 Å². The van der Waals surface area contributed by atoms with E-state index in [0.717, 1.165) is 60.8 Å². The maximum atomic E-state index is 6.50. The summed E-state index contributed by atoms with van der Waals surface area (Å²) >= 11 is 12.7. The Morgan fingerprint density at radius 3 is 2.35 bits per heavy atom. The number of benzene rings is 2. The van der Waals surface area contributed by atoms with Crippen LogP contribution in [0.5, 0.6) is 11.5 Å². The van der Waals surface area contributed by atoms with Gasteiger partial charge in [-0.15, -0.1) is 11.6 Å². The van der Waals surface area contributed by atoms with Crippen molar-refractivity contribution in [3.8, 4) is 11.5 Å². The van der Waals surface area contributed by atoms with Gasteiger partial charge in [0.05, 0.1) is 18.2 Å². The molecule has 0 saturated carbocycles. The second-order valence-corrected chi connectivity index (χ2v) is 7.66. The highest BCUT2D eigenvalue weighted by Crippen LogP contribution is 2.39. The van der Waals surface area contributed by atoms with E-state index >= 15 is 0 Å². The van der Waals surface area contributed by atoms with Gasteiger partial charge in [-0.05, 0) is 32.1 Å². The summed E-state index contributed by atoms with van der Waals surface area (Å²) in [6.07, 6.45) is 7.50. The third-order valence-electron chi connectivity index (χ3n) is 4.52. The molecule has 0 N–H and O–H groups in total. The van der Waals surface area contributed by atoms with Gasteiger partial charge in [-0.2, -0.15) is 0 Å². The highest BCUT2D eigenvalue weighted by Gasteiger charge is 2.13. The van der Waals surface area contributed by atoms with Crippen LogP contribution in [0.4, 0.5) is 0 Å². The number of halogens is 2. The van der Waals surface area contributed by atoms with Crippen LogP contribution in [0, 0.1) is 0 Å². The van der Waals surface area contributed by atoms with Crippen molar-refractivity contribution in [1.82, 2.24) is 0 Å². The maximum absolute atomic E-state index is 6.50. The predicted molar refractivity (Wildman–Crippen MR) is 113 cm³/mol. The van der Waals surface area contributed by atoms with Gasteiger partial charge in [0.2, 0.25) is 0 Å². The maximum Gasteiger partial charge on any atom is 0.145 e. The number of rotatable bonds is 12. The molecule has 0 bridgehead atoms. The Labute approximate surface area is 167 Å². The highest BCUT2D eigenvalue weighted by atomic mass is 35.5. The topological polar surface area (TPSA) is 18.5 Å². The third kappa shape index (κ3) is 6.25. The molecule has 2 aromatic rings. The molecular formula is C22H30Cl2O2. The summed E-state index contributed by atoms with van der Waals surface area (Å²) in [5.41, 5.74) is 0. The van der Waals surface area contributed by atoms with Crippen LogP contribution in [-0.2, 0) is 0 Å². The third-order valence-corrected chi connectivity index (χ3v) is 5.33. The molecular weight excluding hydrogens is 367 g/mol. The lowest BCUT2D eigenvalue weighted by Gasteiger charge is -2.15. The molecule has 0 aliphatic carbocycles. The Hall–Kier alpha value is -1.12. The Morgan fingerprint density at radius 1 is 0.923 bits per heavy atom. The molecule has 2 aromatic carbocycles. The molecule has 0 aliphatic rings. The van der Waals surface area contributed by atoms with E-state index in [1.54, 1.807) is 0 Å². The second-order valence-electron chi connectivity index (χ2n) is 6.64. The minimum atomic E-state index is 0.273. The standard InChI is InChI=1S/C22H30Cl2O2/c1-3-5-9-15-26-22-19-13-7-6-12-18(19)21(16-20(22)24)25-14-10-8-11-17(23)4-2/h6-7,12-13,16-17H,3-5,8-11,14-15H2,1-2H3. The predicted octanol–water partition coefficient (Wildman–Crippen LogP) is 7.63. The van der Waals surface area contributed by atoms with Crippen LogP contribution >= 0.6 is 23.2 Å². The molecule has 26 heavy (non-hydrogen) atoms. The Morgan fingerprint density at radius 2 is 1.62 bits per heavy atom. The first kappa shape index (κ1) is 21.2. The van der Waals surface area contributed by atoms with E-state index in [1.165, 1.54) is 6.42 Å². The van der Waals surface area contributed by atoms with Gasteiger partial charge in [0.1, 0.15) is 11.5 Å². The molecule has 1 atom stereocenters. The van der Waals surface area contributed by atoms with E-state index in [4.69, 9.17) is 32.7 Å². The number of hydrogen-bond donors (Lipinski definition) is 0. The van der Waals surface area contributed by atoms with Crippen LogP contribution < -0.4 is 9.47 Å². The zero-order chi connectivity index (χ0) is 18.8. The van der Waals surface area contributed by atoms with Crippen molar-refractivity contribution in [2.24, 2.45) is 0 Å². The van der Waals surface area contributed by atoms with Crippen LogP contribution in [0.15, 0.2) is 30.3 Å². The van der Waals surface area contributed by atoms with Crippen LogP contribution in [-0.4, -0.2) is 18.6 Å². The number of fused-ring (bicyclic) bond motifs is 1. The quantitative estimate of drug-likeness (QED) is 0.271. The minimum Gasteiger partial charge on any atom is -0.493 e. The lowest BCUT2D eigenvalue weighted by Crippen LogP contribution is -2.02.